The smallest absolute Gasteiger partial charge is 0.258 e. The summed E-state index contributed by atoms with van der Waals surface area (Å²) in [4.78, 5) is 10.1. The maximum atomic E-state index is 10.8. The quantitative estimate of drug-likeness (QED) is 0.402. The van der Waals surface area contributed by atoms with E-state index in [4.69, 9.17) is 46.4 Å². The van der Waals surface area contributed by atoms with Gasteiger partial charge in [-0.2, -0.15) is 0 Å². The van der Waals surface area contributed by atoms with Gasteiger partial charge in [0.25, 0.3) is 0 Å². The molecule has 0 saturated heterocycles. The summed E-state index contributed by atoms with van der Waals surface area (Å²) in [6.45, 7) is 3.84. The lowest BCUT2D eigenvalue weighted by Crippen LogP contribution is -2.03. The zero-order valence-corrected chi connectivity index (χ0v) is 12.3. The van der Waals surface area contributed by atoms with Crippen LogP contribution in [0.3, 0.4) is 0 Å². The van der Waals surface area contributed by atoms with E-state index in [1.165, 1.54) is 0 Å². The van der Waals surface area contributed by atoms with Crippen LogP contribution in [-0.2, 0) is 0 Å². The van der Waals surface area contributed by atoms with Crippen molar-refractivity contribution in [3.05, 3.63) is 29.7 Å². The Morgan fingerprint density at radius 2 is 1.88 bits per heavy atom. The van der Waals surface area contributed by atoms with Crippen LogP contribution in [0.2, 0.25) is 0 Å². The normalized spacial score (nSPS) is 14.1. The van der Waals surface area contributed by atoms with Crippen molar-refractivity contribution < 1.29 is 4.92 Å². The van der Waals surface area contributed by atoms with E-state index >= 15 is 0 Å². The molecule has 0 saturated carbocycles. The van der Waals surface area contributed by atoms with Gasteiger partial charge in [-0.3, -0.25) is 10.1 Å². The van der Waals surface area contributed by atoms with E-state index in [-0.39, 0.29) is 19.1 Å². The lowest BCUT2D eigenvalue weighted by atomic mass is 10.4. The van der Waals surface area contributed by atoms with Gasteiger partial charge in [0.1, 0.15) is 4.49 Å². The monoisotopic (exact) mass is 323 g/mol. The Balaban J connectivity index is 5.26. The minimum atomic E-state index is -0.704. The standard InChI is InChI=1S/C8H9Cl4NO2S/c1-3-4(2)16-8(12)6(13(14)15)5(9)7(10)11/h4H,3H2,1-2H3/b8-6-. The summed E-state index contributed by atoms with van der Waals surface area (Å²) in [6.07, 6.45) is 0.821. The van der Waals surface area contributed by atoms with Gasteiger partial charge in [0.15, 0.2) is 9.40 Å². The molecule has 16 heavy (non-hydrogen) atoms. The molecule has 0 heterocycles. The minimum Gasteiger partial charge on any atom is -0.258 e. The van der Waals surface area contributed by atoms with Crippen molar-refractivity contribution in [2.24, 2.45) is 0 Å². The van der Waals surface area contributed by atoms with Gasteiger partial charge >= 0.3 is 5.70 Å². The fraction of sp³-hybridized carbons (Fsp3) is 0.500. The molecule has 0 radical (unpaired) electrons. The van der Waals surface area contributed by atoms with Gasteiger partial charge in [-0.05, 0) is 6.42 Å². The highest BCUT2D eigenvalue weighted by Crippen LogP contribution is 2.36. The molecule has 0 aliphatic carbocycles. The lowest BCUT2D eigenvalue weighted by Gasteiger charge is -2.07. The van der Waals surface area contributed by atoms with E-state index in [2.05, 4.69) is 0 Å². The lowest BCUT2D eigenvalue weighted by molar-refractivity contribution is -0.419. The summed E-state index contributed by atoms with van der Waals surface area (Å²) < 4.78 is -0.403. The van der Waals surface area contributed by atoms with Crippen LogP contribution in [-0.4, -0.2) is 10.2 Å². The topological polar surface area (TPSA) is 43.1 Å². The van der Waals surface area contributed by atoms with Crippen molar-refractivity contribution in [3.8, 4) is 0 Å². The van der Waals surface area contributed by atoms with Crippen molar-refractivity contribution in [1.29, 1.82) is 0 Å². The van der Waals surface area contributed by atoms with Crippen LogP contribution >= 0.6 is 58.2 Å². The third-order valence-electron chi connectivity index (χ3n) is 1.62. The first-order valence-electron chi connectivity index (χ1n) is 4.23. The maximum absolute atomic E-state index is 10.8. The van der Waals surface area contributed by atoms with E-state index in [9.17, 15) is 10.1 Å². The molecule has 0 rings (SSSR count). The van der Waals surface area contributed by atoms with Gasteiger partial charge in [-0.15, -0.1) is 11.8 Å². The number of nitro groups is 1. The zero-order valence-electron chi connectivity index (χ0n) is 8.47. The number of hydrogen-bond acceptors (Lipinski definition) is 3. The minimum absolute atomic E-state index is 0.0249. The Labute approximate surface area is 118 Å². The van der Waals surface area contributed by atoms with Crippen molar-refractivity contribution in [3.63, 3.8) is 0 Å². The summed E-state index contributed by atoms with van der Waals surface area (Å²) >= 11 is 23.4. The van der Waals surface area contributed by atoms with Crippen LogP contribution in [0, 0.1) is 10.1 Å². The first-order chi connectivity index (χ1) is 7.31. The first kappa shape index (κ1) is 16.4. The SMILES string of the molecule is CCC(C)S/C(Cl)=C(/C(Cl)=C(Cl)Cl)[N+](=O)[O-]. The molecule has 1 unspecified atom stereocenters. The predicted octanol–water partition coefficient (Wildman–Crippen LogP) is 5.09. The molecule has 0 aliphatic heterocycles. The van der Waals surface area contributed by atoms with E-state index in [0.717, 1.165) is 18.2 Å². The second-order valence-corrected chi connectivity index (χ2v) is 6.17. The third kappa shape index (κ3) is 5.15. The fourth-order valence-corrected chi connectivity index (χ4v) is 2.52. The molecule has 1 atom stereocenters. The van der Waals surface area contributed by atoms with Crippen molar-refractivity contribution in [2.75, 3.05) is 0 Å². The third-order valence-corrected chi connectivity index (χ3v) is 4.14. The van der Waals surface area contributed by atoms with Crippen molar-refractivity contribution in [1.82, 2.24) is 0 Å². The molecule has 0 aromatic carbocycles. The molecule has 92 valence electrons. The highest BCUT2D eigenvalue weighted by Gasteiger charge is 2.25. The molecule has 0 fully saturated rings. The summed E-state index contributed by atoms with van der Waals surface area (Å²) in [7, 11) is 0. The molecule has 0 aromatic heterocycles. The van der Waals surface area contributed by atoms with E-state index in [0.29, 0.717) is 0 Å². The first-order valence-corrected chi connectivity index (χ1v) is 6.62. The maximum Gasteiger partial charge on any atom is 0.315 e. The van der Waals surface area contributed by atoms with Crippen LogP contribution in [0.4, 0.5) is 0 Å². The Bertz CT molecular complexity index is 339. The number of rotatable bonds is 5. The number of thioether (sulfide) groups is 1. The highest BCUT2D eigenvalue weighted by molar-refractivity contribution is 8.05. The number of nitrogens with zero attached hydrogens (tertiary/aromatic N) is 1. The van der Waals surface area contributed by atoms with Crippen LogP contribution in [0.1, 0.15) is 20.3 Å². The van der Waals surface area contributed by atoms with E-state index in [1.807, 2.05) is 13.8 Å². The number of allylic oxidation sites excluding steroid dienone is 1. The van der Waals surface area contributed by atoms with Crippen LogP contribution < -0.4 is 0 Å². The Morgan fingerprint density at radius 1 is 1.38 bits per heavy atom. The van der Waals surface area contributed by atoms with Gasteiger partial charge in [0.2, 0.25) is 0 Å². The van der Waals surface area contributed by atoms with E-state index in [1.54, 1.807) is 0 Å². The summed E-state index contributed by atoms with van der Waals surface area (Å²) in [5, 5.41) is 10.6. The molecule has 0 bridgehead atoms. The highest BCUT2D eigenvalue weighted by atomic mass is 35.5. The van der Waals surface area contributed by atoms with Gasteiger partial charge in [-0.1, -0.05) is 60.3 Å². The number of hydrogen-bond donors (Lipinski definition) is 0. The van der Waals surface area contributed by atoms with Gasteiger partial charge in [0.05, 0.1) is 4.92 Å². The molecule has 8 heteroatoms. The van der Waals surface area contributed by atoms with Crippen LogP contribution in [0.25, 0.3) is 0 Å². The molecule has 3 nitrogen and oxygen atoms in total. The summed E-state index contributed by atoms with van der Waals surface area (Å²) in [5.74, 6) is 0. The second kappa shape index (κ2) is 7.67. The largest absolute Gasteiger partial charge is 0.315 e. The van der Waals surface area contributed by atoms with Crippen LogP contribution in [0.5, 0.6) is 0 Å². The molecule has 0 aliphatic rings. The Kier molecular flexibility index (Phi) is 7.85. The Morgan fingerprint density at radius 3 is 2.19 bits per heavy atom. The fourth-order valence-electron chi connectivity index (χ4n) is 0.643. The Hall–Kier alpha value is 0.390. The molecule has 0 aromatic rings. The van der Waals surface area contributed by atoms with Gasteiger partial charge in [-0.25, -0.2) is 0 Å². The molecular weight excluding hydrogens is 316 g/mol. The predicted molar refractivity (Wildman–Crippen MR) is 71.8 cm³/mol. The average molecular weight is 325 g/mol. The van der Waals surface area contributed by atoms with Gasteiger partial charge < -0.3 is 0 Å². The average Bonchev–Trinajstić information content (AvgIpc) is 2.16. The number of halogens is 4. The molecule has 0 amide bonds. The molecular formula is C8H9Cl4NO2S. The van der Waals surface area contributed by atoms with Crippen molar-refractivity contribution >= 4 is 58.2 Å². The second-order valence-electron chi connectivity index (χ2n) is 2.79. The van der Waals surface area contributed by atoms with Crippen LogP contribution in [0.15, 0.2) is 19.6 Å². The zero-order chi connectivity index (χ0) is 12.9. The van der Waals surface area contributed by atoms with E-state index < -0.39 is 10.6 Å². The molecule has 0 N–H and O–H groups in total. The summed E-state index contributed by atoms with van der Waals surface area (Å²) in [6, 6.07) is 0. The van der Waals surface area contributed by atoms with Gasteiger partial charge in [0, 0.05) is 5.25 Å². The summed E-state index contributed by atoms with van der Waals surface area (Å²) in [5.41, 5.74) is -0.464. The van der Waals surface area contributed by atoms with Crippen molar-refractivity contribution in [2.45, 2.75) is 25.5 Å². The molecule has 0 spiro atoms.